The average molecular weight is 821 g/mol. The fraction of sp³-hybridized carbons (Fsp3) is 0.500. The molecule has 0 radical (unpaired) electrons. The van der Waals surface area contributed by atoms with Gasteiger partial charge in [0.1, 0.15) is 29.2 Å². The van der Waals surface area contributed by atoms with Crippen molar-refractivity contribution in [3.63, 3.8) is 0 Å². The van der Waals surface area contributed by atoms with E-state index in [2.05, 4.69) is 26.7 Å². The lowest BCUT2D eigenvalue weighted by atomic mass is 9.93. The molecule has 16 nitrogen and oxygen atoms in total. The largest absolute Gasteiger partial charge is 0.453 e. The summed E-state index contributed by atoms with van der Waals surface area (Å²) in [5.74, 6) is 1.08. The fourth-order valence-electron chi connectivity index (χ4n) is 8.96. The van der Waals surface area contributed by atoms with Crippen molar-refractivity contribution < 1.29 is 28.7 Å². The lowest BCUT2D eigenvalue weighted by Gasteiger charge is -2.31. The quantitative estimate of drug-likeness (QED) is 0.0887. The zero-order valence-corrected chi connectivity index (χ0v) is 35.3. The number of hydrogen-bond donors (Lipinski definition) is 4. The van der Waals surface area contributed by atoms with Crippen molar-refractivity contribution >= 4 is 45.9 Å². The van der Waals surface area contributed by atoms with E-state index in [0.717, 1.165) is 73.4 Å². The summed E-state index contributed by atoms with van der Waals surface area (Å²) in [4.78, 5) is 82.1. The first kappa shape index (κ1) is 42.1. The molecule has 0 saturated carbocycles. The van der Waals surface area contributed by atoms with E-state index in [1.54, 1.807) is 6.20 Å². The van der Waals surface area contributed by atoms with Crippen molar-refractivity contribution in [2.24, 2.45) is 11.8 Å². The predicted octanol–water partition coefficient (Wildman–Crippen LogP) is 7.21. The number of methoxy groups -OCH3 is 2. The van der Waals surface area contributed by atoms with E-state index >= 15 is 0 Å². The Hall–Kier alpha value is -6.06. The second-order valence-electron chi connectivity index (χ2n) is 15.8. The Balaban J connectivity index is 1.07. The van der Waals surface area contributed by atoms with Crippen LogP contribution in [-0.2, 0) is 19.1 Å². The van der Waals surface area contributed by atoms with E-state index in [1.165, 1.54) is 14.2 Å². The third-order valence-corrected chi connectivity index (χ3v) is 12.4. The molecule has 1 aromatic carbocycles. The molecule has 7 rings (SSSR count). The number of nitrogens with zero attached hydrogens (tertiary/aromatic N) is 6. The monoisotopic (exact) mass is 820 g/mol. The van der Waals surface area contributed by atoms with Gasteiger partial charge in [0.15, 0.2) is 5.65 Å². The van der Waals surface area contributed by atoms with Crippen LogP contribution in [0, 0.1) is 11.8 Å². The summed E-state index contributed by atoms with van der Waals surface area (Å²) in [6, 6.07) is 10.1. The number of imidazole rings is 2. The minimum absolute atomic E-state index is 0.0159. The molecule has 16 heteroatoms. The van der Waals surface area contributed by atoms with Gasteiger partial charge in [0.2, 0.25) is 11.8 Å². The minimum atomic E-state index is -0.689. The van der Waals surface area contributed by atoms with Crippen LogP contribution in [0.15, 0.2) is 48.8 Å². The first-order chi connectivity index (χ1) is 29.1. The van der Waals surface area contributed by atoms with Crippen LogP contribution in [0.2, 0.25) is 0 Å². The van der Waals surface area contributed by atoms with E-state index in [-0.39, 0.29) is 35.7 Å². The van der Waals surface area contributed by atoms with E-state index in [0.29, 0.717) is 47.3 Å². The Labute approximate surface area is 349 Å². The standard InChI is InChI=1S/C44H56N10O6/c1-7-25(8-2)36(50-43(57)59-5)41(55)53-19-11-13-34(53)39-46-24-33(49-39)28-16-15-27-22-32(45-23-29(27)21-28)30-17-18-31-38(47-30)52-40(48-31)35-14-12-20-54(35)42(56)37(26(9-3)10-4)51-44(58)60-6/h15-18,21-26,34-37H,7-14,19-20H2,1-6H3,(H,46,49)(H,50,57)(H,51,58)(H,47,48,52)/t34-,35-,36-,37-/m0/s1. The minimum Gasteiger partial charge on any atom is -0.453 e. The molecule has 0 unspecified atom stereocenters. The van der Waals surface area contributed by atoms with Gasteiger partial charge in [0, 0.05) is 30.2 Å². The third-order valence-electron chi connectivity index (χ3n) is 12.4. The van der Waals surface area contributed by atoms with Crippen molar-refractivity contribution in [2.45, 2.75) is 103 Å². The van der Waals surface area contributed by atoms with Gasteiger partial charge >= 0.3 is 12.2 Å². The van der Waals surface area contributed by atoms with E-state index in [4.69, 9.17) is 29.4 Å². The summed E-state index contributed by atoms with van der Waals surface area (Å²) in [7, 11) is 2.61. The van der Waals surface area contributed by atoms with E-state index < -0.39 is 24.3 Å². The highest BCUT2D eigenvalue weighted by molar-refractivity contribution is 5.90. The van der Waals surface area contributed by atoms with Crippen LogP contribution in [0.1, 0.15) is 103 Å². The molecular weight excluding hydrogens is 765 g/mol. The Morgan fingerprint density at radius 2 is 1.30 bits per heavy atom. The summed E-state index contributed by atoms with van der Waals surface area (Å²) >= 11 is 0. The molecule has 6 heterocycles. The number of ether oxygens (including phenoxy) is 2. The number of fused-ring (bicyclic) bond motifs is 2. The van der Waals surface area contributed by atoms with E-state index in [1.807, 2.05) is 74.0 Å². The molecule has 2 fully saturated rings. The molecule has 4 atom stereocenters. The summed E-state index contributed by atoms with van der Waals surface area (Å²) < 4.78 is 9.70. The lowest BCUT2D eigenvalue weighted by Crippen LogP contribution is -2.52. The first-order valence-electron chi connectivity index (χ1n) is 21.2. The molecule has 0 aliphatic carbocycles. The number of rotatable bonds is 14. The first-order valence-corrected chi connectivity index (χ1v) is 21.2. The van der Waals surface area contributed by atoms with Gasteiger partial charge in [-0.15, -0.1) is 0 Å². The molecular formula is C44H56N10O6. The highest BCUT2D eigenvalue weighted by Crippen LogP contribution is 2.36. The molecule has 4 aromatic heterocycles. The van der Waals surface area contributed by atoms with Crippen LogP contribution >= 0.6 is 0 Å². The average Bonchev–Trinajstić information content (AvgIpc) is 4.12. The smallest absolute Gasteiger partial charge is 0.407 e. The third kappa shape index (κ3) is 8.50. The van der Waals surface area contributed by atoms with Gasteiger partial charge in [0.05, 0.1) is 49.6 Å². The van der Waals surface area contributed by atoms with Gasteiger partial charge in [-0.2, -0.15) is 0 Å². The van der Waals surface area contributed by atoms with Crippen molar-refractivity contribution in [1.82, 2.24) is 50.3 Å². The summed E-state index contributed by atoms with van der Waals surface area (Å²) in [6.07, 6.45) is 8.55. The zero-order valence-electron chi connectivity index (χ0n) is 35.3. The predicted molar refractivity (Wildman–Crippen MR) is 226 cm³/mol. The molecule has 0 spiro atoms. The number of pyridine rings is 2. The molecule has 2 saturated heterocycles. The number of aromatic amines is 2. The number of aromatic nitrogens is 6. The highest BCUT2D eigenvalue weighted by Gasteiger charge is 2.40. The Bertz CT molecular complexity index is 2330. The maximum atomic E-state index is 13.9. The van der Waals surface area contributed by atoms with Crippen LogP contribution in [0.4, 0.5) is 9.59 Å². The van der Waals surface area contributed by atoms with Crippen LogP contribution in [0.25, 0.3) is 44.6 Å². The van der Waals surface area contributed by atoms with Gasteiger partial charge in [-0.3, -0.25) is 14.6 Å². The second-order valence-corrected chi connectivity index (χ2v) is 15.8. The van der Waals surface area contributed by atoms with Crippen LogP contribution in [0.3, 0.4) is 0 Å². The van der Waals surface area contributed by atoms with E-state index in [9.17, 15) is 19.2 Å². The lowest BCUT2D eigenvalue weighted by molar-refractivity contribution is -0.136. The number of benzene rings is 1. The summed E-state index contributed by atoms with van der Waals surface area (Å²) in [5.41, 5.74) is 4.44. The second kappa shape index (κ2) is 18.5. The highest BCUT2D eigenvalue weighted by atomic mass is 16.5. The molecule has 0 bridgehead atoms. The normalized spacial score (nSPS) is 17.7. The Kier molecular flexibility index (Phi) is 13.0. The van der Waals surface area contributed by atoms with Gasteiger partial charge in [0.25, 0.3) is 0 Å². The molecule has 4 amide bonds. The number of likely N-dealkylation sites (tertiary alicyclic amines) is 2. The summed E-state index contributed by atoms with van der Waals surface area (Å²) in [6.45, 7) is 9.24. The summed E-state index contributed by atoms with van der Waals surface area (Å²) in [5, 5.41) is 7.52. The van der Waals surface area contributed by atoms with Crippen LogP contribution in [0.5, 0.6) is 0 Å². The number of amides is 4. The molecule has 5 aromatic rings. The van der Waals surface area contributed by atoms with Crippen molar-refractivity contribution in [1.29, 1.82) is 0 Å². The molecule has 60 heavy (non-hydrogen) atoms. The van der Waals surface area contributed by atoms with Crippen molar-refractivity contribution in [2.75, 3.05) is 27.3 Å². The van der Waals surface area contributed by atoms with Crippen molar-refractivity contribution in [3.05, 3.63) is 60.4 Å². The maximum absolute atomic E-state index is 13.9. The van der Waals surface area contributed by atoms with Gasteiger partial charge < -0.3 is 39.9 Å². The van der Waals surface area contributed by atoms with Gasteiger partial charge in [-0.25, -0.2) is 24.5 Å². The maximum Gasteiger partial charge on any atom is 0.407 e. The van der Waals surface area contributed by atoms with Crippen LogP contribution in [-0.4, -0.2) is 103 Å². The van der Waals surface area contributed by atoms with Crippen molar-refractivity contribution in [3.8, 4) is 22.6 Å². The number of hydrogen-bond acceptors (Lipinski definition) is 10. The SMILES string of the molecule is CCC(CC)[C@H](NC(=O)OC)C(=O)N1CCC[C@H]1c1ncc(-c2ccc3cc(-c4ccc5nc([C@@H]6CCCN6C(=O)[C@@H](NC(=O)OC)C(CC)CC)[nH]c5n4)ncc3c2)[nH]1. The topological polar surface area (TPSA) is 200 Å². The Morgan fingerprint density at radius 3 is 1.88 bits per heavy atom. The molecule has 318 valence electrons. The number of H-pyrrole nitrogens is 2. The molecule has 2 aliphatic rings. The number of alkyl carbamates (subject to hydrolysis) is 2. The number of nitrogens with one attached hydrogen (secondary N) is 4. The molecule has 4 N–H and O–H groups in total. The fourth-order valence-corrected chi connectivity index (χ4v) is 8.96. The Morgan fingerprint density at radius 1 is 0.700 bits per heavy atom. The van der Waals surface area contributed by atoms with Gasteiger partial charge in [-0.05, 0) is 67.2 Å². The zero-order chi connectivity index (χ0) is 42.5. The van der Waals surface area contributed by atoms with Gasteiger partial charge in [-0.1, -0.05) is 65.5 Å². The number of carbonyl (C=O) groups excluding carboxylic acids is 4. The number of carbonyl (C=O) groups is 4. The molecule has 2 aliphatic heterocycles. The van der Waals surface area contributed by atoms with Crippen LogP contribution < -0.4 is 10.6 Å².